The van der Waals surface area contributed by atoms with Crippen LogP contribution >= 0.6 is 35.0 Å². The molecular formula is C23H28Cl2N2O2S. The number of aryl methyl sites for hydroxylation is 1. The van der Waals surface area contributed by atoms with Gasteiger partial charge in [-0.1, -0.05) is 60.5 Å². The smallest absolute Gasteiger partial charge is 0.242 e. The maximum Gasteiger partial charge on any atom is 0.242 e. The molecule has 0 aliphatic carbocycles. The zero-order valence-corrected chi connectivity index (χ0v) is 19.9. The van der Waals surface area contributed by atoms with E-state index in [1.54, 1.807) is 35.7 Å². The number of benzene rings is 2. The van der Waals surface area contributed by atoms with Crippen molar-refractivity contribution in [3.05, 3.63) is 69.2 Å². The van der Waals surface area contributed by atoms with Crippen LogP contribution in [0, 0.1) is 6.92 Å². The lowest BCUT2D eigenvalue weighted by atomic mass is 10.1. The molecule has 1 N–H and O–H groups in total. The van der Waals surface area contributed by atoms with Gasteiger partial charge in [-0.15, -0.1) is 11.8 Å². The molecule has 2 rings (SSSR count). The highest BCUT2D eigenvalue weighted by molar-refractivity contribution is 7.99. The predicted octanol–water partition coefficient (Wildman–Crippen LogP) is 5.48. The van der Waals surface area contributed by atoms with Gasteiger partial charge in [-0.25, -0.2) is 0 Å². The van der Waals surface area contributed by atoms with Crippen LogP contribution in [0.5, 0.6) is 0 Å². The van der Waals surface area contributed by atoms with E-state index in [1.807, 2.05) is 25.1 Å². The molecule has 0 saturated heterocycles. The molecule has 7 heteroatoms. The van der Waals surface area contributed by atoms with Gasteiger partial charge in [0.1, 0.15) is 6.04 Å². The second-order valence-electron chi connectivity index (χ2n) is 7.16. The molecule has 162 valence electrons. The fourth-order valence-corrected chi connectivity index (χ4v) is 4.22. The van der Waals surface area contributed by atoms with Crippen molar-refractivity contribution >= 4 is 46.8 Å². The quantitative estimate of drug-likeness (QED) is 0.504. The van der Waals surface area contributed by atoms with Gasteiger partial charge in [0.2, 0.25) is 11.8 Å². The molecule has 2 aromatic rings. The summed E-state index contributed by atoms with van der Waals surface area (Å²) in [5.41, 5.74) is 3.24. The third-order valence-corrected chi connectivity index (χ3v) is 6.50. The Labute approximate surface area is 193 Å². The zero-order chi connectivity index (χ0) is 22.1. The number of hydrogen-bond acceptors (Lipinski definition) is 3. The molecular weight excluding hydrogens is 439 g/mol. The topological polar surface area (TPSA) is 49.4 Å². The van der Waals surface area contributed by atoms with Crippen molar-refractivity contribution in [3.8, 4) is 0 Å². The number of nitrogens with zero attached hydrogens (tertiary/aromatic N) is 1. The molecule has 0 bridgehead atoms. The lowest BCUT2D eigenvalue weighted by Crippen LogP contribution is -2.48. The molecule has 30 heavy (non-hydrogen) atoms. The molecule has 0 heterocycles. The Hall–Kier alpha value is -1.69. The second-order valence-corrected chi connectivity index (χ2v) is 8.96. The monoisotopic (exact) mass is 466 g/mol. The van der Waals surface area contributed by atoms with E-state index in [4.69, 9.17) is 23.2 Å². The minimum Gasteiger partial charge on any atom is -0.354 e. The standard InChI is InChI=1S/C23H28Cl2N2O2S/c1-4-11-26-23(29)17(3)27(13-18-9-10-20(24)21(25)12-18)22(28)15-30-14-19-8-6-5-7-16(19)2/h5-10,12,17H,4,11,13-15H2,1-3H3,(H,26,29). The number of halogens is 2. The SMILES string of the molecule is CCCNC(=O)C(C)N(Cc1ccc(Cl)c(Cl)c1)C(=O)CSCc1ccccc1C. The number of nitrogens with one attached hydrogen (secondary N) is 1. The van der Waals surface area contributed by atoms with Crippen molar-refractivity contribution in [2.24, 2.45) is 0 Å². The molecule has 1 atom stereocenters. The minimum absolute atomic E-state index is 0.0844. The summed E-state index contributed by atoms with van der Waals surface area (Å²) in [4.78, 5) is 27.2. The maximum atomic E-state index is 13.1. The van der Waals surface area contributed by atoms with Crippen molar-refractivity contribution in [3.63, 3.8) is 0 Å². The largest absolute Gasteiger partial charge is 0.354 e. The molecule has 0 radical (unpaired) electrons. The zero-order valence-electron chi connectivity index (χ0n) is 17.6. The Morgan fingerprint density at radius 1 is 1.13 bits per heavy atom. The Morgan fingerprint density at radius 3 is 2.53 bits per heavy atom. The molecule has 2 aromatic carbocycles. The van der Waals surface area contributed by atoms with Crippen molar-refractivity contribution in [2.75, 3.05) is 12.3 Å². The lowest BCUT2D eigenvalue weighted by molar-refractivity contribution is -0.138. The number of amides is 2. The summed E-state index contributed by atoms with van der Waals surface area (Å²) in [5, 5.41) is 3.76. The maximum absolute atomic E-state index is 13.1. The number of hydrogen-bond donors (Lipinski definition) is 1. The van der Waals surface area contributed by atoms with Gasteiger partial charge < -0.3 is 10.2 Å². The normalized spacial score (nSPS) is 11.8. The predicted molar refractivity (Wildman–Crippen MR) is 127 cm³/mol. The average Bonchev–Trinajstić information content (AvgIpc) is 2.73. The van der Waals surface area contributed by atoms with Crippen LogP contribution in [0.3, 0.4) is 0 Å². The number of carbonyl (C=O) groups excluding carboxylic acids is 2. The van der Waals surface area contributed by atoms with Gasteiger partial charge in [-0.05, 0) is 49.1 Å². The average molecular weight is 467 g/mol. The molecule has 0 spiro atoms. The van der Waals surface area contributed by atoms with Gasteiger partial charge in [0.15, 0.2) is 0 Å². The molecule has 0 aliphatic heterocycles. The summed E-state index contributed by atoms with van der Waals surface area (Å²) in [5.74, 6) is 0.796. The summed E-state index contributed by atoms with van der Waals surface area (Å²) in [7, 11) is 0. The number of thioether (sulfide) groups is 1. The summed E-state index contributed by atoms with van der Waals surface area (Å²) >= 11 is 13.7. The molecule has 0 aromatic heterocycles. The molecule has 1 unspecified atom stereocenters. The fraction of sp³-hybridized carbons (Fsp3) is 0.391. The van der Waals surface area contributed by atoms with E-state index in [0.29, 0.717) is 28.9 Å². The highest BCUT2D eigenvalue weighted by Crippen LogP contribution is 2.24. The highest BCUT2D eigenvalue weighted by atomic mass is 35.5. The van der Waals surface area contributed by atoms with E-state index < -0.39 is 6.04 Å². The fourth-order valence-electron chi connectivity index (χ4n) is 2.92. The number of carbonyl (C=O) groups is 2. The summed E-state index contributed by atoms with van der Waals surface area (Å²) in [6.07, 6.45) is 0.839. The van der Waals surface area contributed by atoms with E-state index >= 15 is 0 Å². The van der Waals surface area contributed by atoms with Crippen LogP contribution in [0.4, 0.5) is 0 Å². The van der Waals surface area contributed by atoms with Gasteiger partial charge in [0.05, 0.1) is 15.8 Å². The van der Waals surface area contributed by atoms with Crippen LogP contribution in [0.1, 0.15) is 37.0 Å². The van der Waals surface area contributed by atoms with Crippen LogP contribution in [0.25, 0.3) is 0 Å². The van der Waals surface area contributed by atoms with Crippen LogP contribution < -0.4 is 5.32 Å². The Kier molecular flexibility index (Phi) is 10.0. The Balaban J connectivity index is 2.10. The van der Waals surface area contributed by atoms with Crippen LogP contribution in [-0.4, -0.2) is 35.1 Å². The first-order chi connectivity index (χ1) is 14.3. The van der Waals surface area contributed by atoms with Gasteiger partial charge in [-0.3, -0.25) is 9.59 Å². The second kappa shape index (κ2) is 12.2. The third kappa shape index (κ3) is 7.22. The van der Waals surface area contributed by atoms with Crippen LogP contribution in [0.2, 0.25) is 10.0 Å². The first-order valence-corrected chi connectivity index (χ1v) is 11.9. The molecule has 2 amide bonds. The van der Waals surface area contributed by atoms with E-state index in [-0.39, 0.29) is 11.8 Å². The third-order valence-electron chi connectivity index (χ3n) is 4.80. The van der Waals surface area contributed by atoms with E-state index in [9.17, 15) is 9.59 Å². The summed E-state index contributed by atoms with van der Waals surface area (Å²) in [6, 6.07) is 12.8. The lowest BCUT2D eigenvalue weighted by Gasteiger charge is -2.29. The first-order valence-electron chi connectivity index (χ1n) is 9.96. The van der Waals surface area contributed by atoms with Crippen LogP contribution in [0.15, 0.2) is 42.5 Å². The summed E-state index contributed by atoms with van der Waals surface area (Å²) in [6.45, 7) is 6.69. The van der Waals surface area contributed by atoms with Crippen molar-refractivity contribution in [1.82, 2.24) is 10.2 Å². The van der Waals surface area contributed by atoms with E-state index in [0.717, 1.165) is 17.7 Å². The van der Waals surface area contributed by atoms with Gasteiger partial charge >= 0.3 is 0 Å². The van der Waals surface area contributed by atoms with Crippen molar-refractivity contribution < 1.29 is 9.59 Å². The van der Waals surface area contributed by atoms with Gasteiger partial charge in [-0.2, -0.15) is 0 Å². The highest BCUT2D eigenvalue weighted by Gasteiger charge is 2.26. The van der Waals surface area contributed by atoms with E-state index in [1.165, 1.54) is 11.1 Å². The molecule has 0 saturated carbocycles. The van der Waals surface area contributed by atoms with Crippen LogP contribution in [-0.2, 0) is 21.9 Å². The summed E-state index contributed by atoms with van der Waals surface area (Å²) < 4.78 is 0. The molecule has 0 fully saturated rings. The molecule has 0 aliphatic rings. The van der Waals surface area contributed by atoms with Gasteiger partial charge in [0, 0.05) is 18.8 Å². The first kappa shape index (κ1) is 24.6. The van der Waals surface area contributed by atoms with Gasteiger partial charge in [0.25, 0.3) is 0 Å². The van der Waals surface area contributed by atoms with E-state index in [2.05, 4.69) is 24.4 Å². The minimum atomic E-state index is -0.586. The van der Waals surface area contributed by atoms with Crippen molar-refractivity contribution in [2.45, 2.75) is 45.5 Å². The number of rotatable bonds is 10. The molecule has 4 nitrogen and oxygen atoms in total. The van der Waals surface area contributed by atoms with Crippen molar-refractivity contribution in [1.29, 1.82) is 0 Å². The Bertz CT molecular complexity index is 876. The Morgan fingerprint density at radius 2 is 1.87 bits per heavy atom.